The first-order valence-corrected chi connectivity index (χ1v) is 8.93. The SMILES string of the molecule is COc1ccc(-c2nc3cnccc3o2)cc1NC(=O)Cc1ccc(Cl)cc1. The van der Waals surface area contributed by atoms with Crippen LogP contribution in [0.1, 0.15) is 5.56 Å². The van der Waals surface area contributed by atoms with Crippen LogP contribution >= 0.6 is 11.6 Å². The van der Waals surface area contributed by atoms with Gasteiger partial charge in [0, 0.05) is 22.8 Å². The summed E-state index contributed by atoms with van der Waals surface area (Å²) in [6, 6.07) is 14.3. The molecule has 2 aromatic carbocycles. The van der Waals surface area contributed by atoms with Crippen molar-refractivity contribution in [2.75, 3.05) is 12.4 Å². The molecule has 0 saturated carbocycles. The molecule has 0 aliphatic heterocycles. The highest BCUT2D eigenvalue weighted by Gasteiger charge is 2.14. The number of hydrogen-bond acceptors (Lipinski definition) is 5. The Hall–Kier alpha value is -3.38. The van der Waals surface area contributed by atoms with Gasteiger partial charge in [-0.15, -0.1) is 0 Å². The molecule has 0 spiro atoms. The van der Waals surface area contributed by atoms with Crippen molar-refractivity contribution in [2.24, 2.45) is 0 Å². The molecule has 0 radical (unpaired) electrons. The number of nitrogens with one attached hydrogen (secondary N) is 1. The molecule has 0 atom stereocenters. The van der Waals surface area contributed by atoms with Gasteiger partial charge in [0.25, 0.3) is 0 Å². The number of methoxy groups -OCH3 is 1. The van der Waals surface area contributed by atoms with Crippen molar-refractivity contribution in [3.8, 4) is 17.2 Å². The summed E-state index contributed by atoms with van der Waals surface area (Å²) in [6.07, 6.45) is 3.51. The molecule has 0 aliphatic carbocycles. The minimum atomic E-state index is -0.167. The Labute approximate surface area is 166 Å². The fourth-order valence-electron chi connectivity index (χ4n) is 2.82. The Bertz CT molecular complexity index is 1110. The largest absolute Gasteiger partial charge is 0.495 e. The van der Waals surface area contributed by atoms with Gasteiger partial charge >= 0.3 is 0 Å². The van der Waals surface area contributed by atoms with Gasteiger partial charge in [-0.05, 0) is 35.9 Å². The van der Waals surface area contributed by atoms with Gasteiger partial charge in [0.05, 0.1) is 25.4 Å². The third-order valence-electron chi connectivity index (χ3n) is 4.19. The van der Waals surface area contributed by atoms with E-state index in [-0.39, 0.29) is 12.3 Å². The van der Waals surface area contributed by atoms with Gasteiger partial charge in [0.1, 0.15) is 11.3 Å². The Morgan fingerprint density at radius 1 is 1.18 bits per heavy atom. The number of carbonyl (C=O) groups excluding carboxylic acids is 1. The first-order valence-electron chi connectivity index (χ1n) is 8.55. The maximum absolute atomic E-state index is 12.5. The van der Waals surface area contributed by atoms with Gasteiger partial charge in [-0.25, -0.2) is 4.98 Å². The van der Waals surface area contributed by atoms with E-state index in [1.54, 1.807) is 49.8 Å². The summed E-state index contributed by atoms with van der Waals surface area (Å²) >= 11 is 5.89. The molecule has 4 aromatic rings. The molecule has 28 heavy (non-hydrogen) atoms. The highest BCUT2D eigenvalue weighted by molar-refractivity contribution is 6.30. The van der Waals surface area contributed by atoms with E-state index in [1.807, 2.05) is 18.2 Å². The van der Waals surface area contributed by atoms with E-state index in [9.17, 15) is 4.79 Å². The second-order valence-electron chi connectivity index (χ2n) is 6.13. The predicted molar refractivity (Wildman–Crippen MR) is 108 cm³/mol. The number of amides is 1. The molecule has 0 bridgehead atoms. The zero-order valence-electron chi connectivity index (χ0n) is 15.0. The zero-order chi connectivity index (χ0) is 19.5. The molecule has 7 heteroatoms. The Balaban J connectivity index is 1.59. The first-order chi connectivity index (χ1) is 13.6. The molecular formula is C21H16ClN3O3. The average molecular weight is 394 g/mol. The highest BCUT2D eigenvalue weighted by atomic mass is 35.5. The van der Waals surface area contributed by atoms with Crippen molar-refractivity contribution in [1.82, 2.24) is 9.97 Å². The van der Waals surface area contributed by atoms with Crippen molar-refractivity contribution in [1.29, 1.82) is 0 Å². The molecule has 1 N–H and O–H groups in total. The molecule has 0 aliphatic rings. The van der Waals surface area contributed by atoms with E-state index >= 15 is 0 Å². The third kappa shape index (κ3) is 3.82. The molecule has 0 unspecified atom stereocenters. The minimum Gasteiger partial charge on any atom is -0.495 e. The third-order valence-corrected chi connectivity index (χ3v) is 4.44. The quantitative estimate of drug-likeness (QED) is 0.530. The van der Waals surface area contributed by atoms with Crippen LogP contribution in [-0.4, -0.2) is 23.0 Å². The van der Waals surface area contributed by atoms with Crippen LogP contribution in [0.25, 0.3) is 22.6 Å². The van der Waals surface area contributed by atoms with Crippen LogP contribution in [-0.2, 0) is 11.2 Å². The molecule has 6 nitrogen and oxygen atoms in total. The second-order valence-corrected chi connectivity index (χ2v) is 6.57. The van der Waals surface area contributed by atoms with Crippen LogP contribution < -0.4 is 10.1 Å². The van der Waals surface area contributed by atoms with Gasteiger partial charge in [0.2, 0.25) is 11.8 Å². The van der Waals surface area contributed by atoms with E-state index in [4.69, 9.17) is 20.8 Å². The van der Waals surface area contributed by atoms with E-state index in [1.165, 1.54) is 0 Å². The summed E-state index contributed by atoms with van der Waals surface area (Å²) in [5.74, 6) is 0.823. The molecule has 0 fully saturated rings. The fraction of sp³-hybridized carbons (Fsp3) is 0.0952. The summed E-state index contributed by atoms with van der Waals surface area (Å²) in [7, 11) is 1.55. The van der Waals surface area contributed by atoms with Crippen molar-refractivity contribution < 1.29 is 13.9 Å². The number of ether oxygens (including phenoxy) is 1. The number of halogens is 1. The fourth-order valence-corrected chi connectivity index (χ4v) is 2.95. The van der Waals surface area contributed by atoms with Gasteiger partial charge in [0.15, 0.2) is 5.58 Å². The number of carbonyl (C=O) groups is 1. The van der Waals surface area contributed by atoms with Crippen LogP contribution in [0.4, 0.5) is 5.69 Å². The first kappa shape index (κ1) is 18.0. The van der Waals surface area contributed by atoms with Crippen LogP contribution in [0.15, 0.2) is 65.3 Å². The maximum Gasteiger partial charge on any atom is 0.228 e. The number of pyridine rings is 1. The molecule has 140 valence electrons. The van der Waals surface area contributed by atoms with Crippen molar-refractivity contribution in [3.05, 3.63) is 71.5 Å². The number of hydrogen-bond donors (Lipinski definition) is 1. The number of fused-ring (bicyclic) bond motifs is 1. The highest BCUT2D eigenvalue weighted by Crippen LogP contribution is 2.31. The Morgan fingerprint density at radius 2 is 2.00 bits per heavy atom. The smallest absolute Gasteiger partial charge is 0.228 e. The molecule has 2 aromatic heterocycles. The van der Waals surface area contributed by atoms with Crippen molar-refractivity contribution >= 4 is 34.3 Å². The van der Waals surface area contributed by atoms with Gasteiger partial charge in [-0.1, -0.05) is 23.7 Å². The van der Waals surface area contributed by atoms with Gasteiger partial charge in [-0.2, -0.15) is 0 Å². The number of oxazole rings is 1. The van der Waals surface area contributed by atoms with Crippen LogP contribution in [0.3, 0.4) is 0 Å². The number of anilines is 1. The minimum absolute atomic E-state index is 0.167. The monoisotopic (exact) mass is 393 g/mol. The lowest BCUT2D eigenvalue weighted by Crippen LogP contribution is -2.15. The van der Waals surface area contributed by atoms with E-state index < -0.39 is 0 Å². The Kier molecular flexibility index (Phi) is 4.95. The number of aromatic nitrogens is 2. The summed E-state index contributed by atoms with van der Waals surface area (Å²) in [4.78, 5) is 21.0. The van der Waals surface area contributed by atoms with Crippen molar-refractivity contribution in [2.45, 2.75) is 6.42 Å². The summed E-state index contributed by atoms with van der Waals surface area (Å²) in [5, 5.41) is 3.52. The number of benzene rings is 2. The predicted octanol–water partition coefficient (Wildman–Crippen LogP) is 4.73. The average Bonchev–Trinajstić information content (AvgIpc) is 3.14. The van der Waals surface area contributed by atoms with E-state index in [0.717, 1.165) is 11.1 Å². The maximum atomic E-state index is 12.5. The number of rotatable bonds is 5. The lowest BCUT2D eigenvalue weighted by molar-refractivity contribution is -0.115. The topological polar surface area (TPSA) is 77.2 Å². The molecule has 4 rings (SSSR count). The zero-order valence-corrected chi connectivity index (χ0v) is 15.7. The van der Waals surface area contributed by atoms with Gasteiger partial charge < -0.3 is 14.5 Å². The van der Waals surface area contributed by atoms with Gasteiger partial charge in [-0.3, -0.25) is 9.78 Å². The molecule has 0 saturated heterocycles. The lowest BCUT2D eigenvalue weighted by atomic mass is 10.1. The molecule has 1 amide bonds. The van der Waals surface area contributed by atoms with Crippen LogP contribution in [0.5, 0.6) is 5.75 Å². The van der Waals surface area contributed by atoms with Crippen LogP contribution in [0, 0.1) is 0 Å². The summed E-state index contributed by atoms with van der Waals surface area (Å²) < 4.78 is 11.1. The van der Waals surface area contributed by atoms with E-state index in [2.05, 4.69) is 15.3 Å². The van der Waals surface area contributed by atoms with Crippen molar-refractivity contribution in [3.63, 3.8) is 0 Å². The lowest BCUT2D eigenvalue weighted by Gasteiger charge is -2.11. The Morgan fingerprint density at radius 3 is 2.75 bits per heavy atom. The molecule has 2 heterocycles. The van der Waals surface area contributed by atoms with E-state index in [0.29, 0.717) is 33.4 Å². The standard InChI is InChI=1S/C21H16ClN3O3/c1-27-18-7-4-14(21-25-17-12-23-9-8-19(17)28-21)11-16(18)24-20(26)10-13-2-5-15(22)6-3-13/h2-9,11-12H,10H2,1H3,(H,24,26). The van der Waals surface area contributed by atoms with Crippen LogP contribution in [0.2, 0.25) is 5.02 Å². The summed E-state index contributed by atoms with van der Waals surface area (Å²) in [6.45, 7) is 0. The second kappa shape index (κ2) is 7.70. The summed E-state index contributed by atoms with van der Waals surface area (Å²) in [5.41, 5.74) is 3.44. The normalized spacial score (nSPS) is 10.8. The molecular weight excluding hydrogens is 378 g/mol. The number of nitrogens with zero attached hydrogens (tertiary/aromatic N) is 2.